The molecule has 0 unspecified atom stereocenters. The molecule has 0 spiro atoms. The van der Waals surface area contributed by atoms with Gasteiger partial charge in [0.2, 0.25) is 0 Å². The zero-order valence-corrected chi connectivity index (χ0v) is 11.7. The number of carbonyl (C=O) groups is 1. The number of furan rings is 1. The van der Waals surface area contributed by atoms with Gasteiger partial charge in [-0.1, -0.05) is 12.1 Å². The van der Waals surface area contributed by atoms with Gasteiger partial charge in [0.05, 0.1) is 16.6 Å². The first kappa shape index (κ1) is 13.1. The van der Waals surface area contributed by atoms with E-state index >= 15 is 0 Å². The number of amides is 1. The molecule has 0 aliphatic rings. The van der Waals surface area contributed by atoms with Crippen LogP contribution >= 0.6 is 15.9 Å². The molecular weight excluding hydrogens is 298 g/mol. The SMILES string of the molecule is CC(C)(CO)NC(=O)c1cc2cccc(Br)c2o1. The molecule has 1 aromatic carbocycles. The van der Waals surface area contributed by atoms with Gasteiger partial charge in [-0.2, -0.15) is 0 Å². The number of para-hydroxylation sites is 1. The zero-order valence-electron chi connectivity index (χ0n) is 10.2. The molecule has 0 aliphatic carbocycles. The van der Waals surface area contributed by atoms with Crippen molar-refractivity contribution in [2.24, 2.45) is 0 Å². The third-order valence-electron chi connectivity index (χ3n) is 2.57. The summed E-state index contributed by atoms with van der Waals surface area (Å²) in [6.07, 6.45) is 0. The van der Waals surface area contributed by atoms with E-state index in [1.54, 1.807) is 19.9 Å². The minimum absolute atomic E-state index is 0.136. The van der Waals surface area contributed by atoms with Crippen LogP contribution in [0.3, 0.4) is 0 Å². The predicted molar refractivity (Wildman–Crippen MR) is 72.5 cm³/mol. The molecular formula is C13H14BrNO3. The van der Waals surface area contributed by atoms with E-state index in [0.29, 0.717) is 5.58 Å². The lowest BCUT2D eigenvalue weighted by molar-refractivity contribution is 0.0843. The van der Waals surface area contributed by atoms with Gasteiger partial charge in [-0.15, -0.1) is 0 Å². The van der Waals surface area contributed by atoms with Crippen LogP contribution in [-0.2, 0) is 0 Å². The van der Waals surface area contributed by atoms with Gasteiger partial charge >= 0.3 is 0 Å². The molecule has 1 amide bonds. The van der Waals surface area contributed by atoms with Crippen molar-refractivity contribution in [3.8, 4) is 0 Å². The van der Waals surface area contributed by atoms with Gasteiger partial charge < -0.3 is 14.8 Å². The summed E-state index contributed by atoms with van der Waals surface area (Å²) in [5.74, 6) is -0.101. The topological polar surface area (TPSA) is 62.5 Å². The van der Waals surface area contributed by atoms with E-state index in [2.05, 4.69) is 21.2 Å². The highest BCUT2D eigenvalue weighted by molar-refractivity contribution is 9.10. The summed E-state index contributed by atoms with van der Waals surface area (Å²) in [5.41, 5.74) is -0.0303. The van der Waals surface area contributed by atoms with E-state index in [-0.39, 0.29) is 18.3 Å². The summed E-state index contributed by atoms with van der Waals surface area (Å²) in [4.78, 5) is 12.0. The fourth-order valence-corrected chi connectivity index (χ4v) is 2.01. The fourth-order valence-electron chi connectivity index (χ4n) is 1.55. The van der Waals surface area contributed by atoms with Crippen LogP contribution in [0.5, 0.6) is 0 Å². The number of hydrogen-bond acceptors (Lipinski definition) is 3. The number of halogens is 1. The number of hydrogen-bond donors (Lipinski definition) is 2. The third-order valence-corrected chi connectivity index (χ3v) is 3.19. The van der Waals surface area contributed by atoms with Gasteiger partial charge in [0.1, 0.15) is 5.58 Å². The van der Waals surface area contributed by atoms with E-state index in [0.717, 1.165) is 9.86 Å². The molecule has 0 fully saturated rings. The van der Waals surface area contributed by atoms with Gasteiger partial charge in [-0.3, -0.25) is 4.79 Å². The first-order valence-corrected chi connectivity index (χ1v) is 6.34. The van der Waals surface area contributed by atoms with Crippen LogP contribution in [-0.4, -0.2) is 23.2 Å². The normalized spacial score (nSPS) is 11.8. The fraction of sp³-hybridized carbons (Fsp3) is 0.308. The molecule has 0 saturated heterocycles. The lowest BCUT2D eigenvalue weighted by Crippen LogP contribution is -2.46. The van der Waals surface area contributed by atoms with Crippen molar-refractivity contribution in [1.29, 1.82) is 0 Å². The highest BCUT2D eigenvalue weighted by atomic mass is 79.9. The van der Waals surface area contributed by atoms with Crippen LogP contribution in [0.1, 0.15) is 24.4 Å². The molecule has 0 aliphatic heterocycles. The van der Waals surface area contributed by atoms with Crippen molar-refractivity contribution in [1.82, 2.24) is 5.32 Å². The van der Waals surface area contributed by atoms with E-state index < -0.39 is 5.54 Å². The summed E-state index contributed by atoms with van der Waals surface area (Å²) < 4.78 is 6.32. The lowest BCUT2D eigenvalue weighted by atomic mass is 10.1. The maximum atomic E-state index is 12.0. The molecule has 5 heteroatoms. The molecule has 0 atom stereocenters. The van der Waals surface area contributed by atoms with Gasteiger partial charge in [0.15, 0.2) is 5.76 Å². The van der Waals surface area contributed by atoms with Crippen LogP contribution in [0.2, 0.25) is 0 Å². The molecule has 0 radical (unpaired) electrons. The van der Waals surface area contributed by atoms with Crippen LogP contribution in [0.25, 0.3) is 11.0 Å². The Bertz CT molecular complexity index is 589. The van der Waals surface area contributed by atoms with Crippen LogP contribution in [0.15, 0.2) is 33.2 Å². The second-order valence-electron chi connectivity index (χ2n) is 4.76. The third kappa shape index (κ3) is 2.57. The number of aliphatic hydroxyl groups excluding tert-OH is 1. The Balaban J connectivity index is 2.32. The average Bonchev–Trinajstić information content (AvgIpc) is 2.74. The Kier molecular flexibility index (Phi) is 3.45. The van der Waals surface area contributed by atoms with Crippen molar-refractivity contribution >= 4 is 32.8 Å². The molecule has 0 saturated carbocycles. The Hall–Kier alpha value is -1.33. The second kappa shape index (κ2) is 4.74. The number of aliphatic hydroxyl groups is 1. The Morgan fingerprint density at radius 1 is 1.50 bits per heavy atom. The van der Waals surface area contributed by atoms with Crippen molar-refractivity contribution in [2.45, 2.75) is 19.4 Å². The average molecular weight is 312 g/mol. The number of fused-ring (bicyclic) bond motifs is 1. The van der Waals surface area contributed by atoms with Gasteiger partial charge in [-0.25, -0.2) is 0 Å². The van der Waals surface area contributed by atoms with E-state index in [9.17, 15) is 4.79 Å². The largest absolute Gasteiger partial charge is 0.450 e. The lowest BCUT2D eigenvalue weighted by Gasteiger charge is -2.22. The Morgan fingerprint density at radius 2 is 2.22 bits per heavy atom. The van der Waals surface area contributed by atoms with Crippen LogP contribution in [0, 0.1) is 0 Å². The van der Waals surface area contributed by atoms with E-state index in [1.807, 2.05) is 18.2 Å². The van der Waals surface area contributed by atoms with Crippen molar-refractivity contribution in [3.63, 3.8) is 0 Å². The Morgan fingerprint density at radius 3 is 2.83 bits per heavy atom. The monoisotopic (exact) mass is 311 g/mol. The van der Waals surface area contributed by atoms with Crippen molar-refractivity contribution < 1.29 is 14.3 Å². The summed E-state index contributed by atoms with van der Waals surface area (Å²) in [5, 5.41) is 12.7. The molecule has 0 bridgehead atoms. The number of benzene rings is 1. The summed E-state index contributed by atoms with van der Waals surface area (Å²) >= 11 is 3.37. The van der Waals surface area contributed by atoms with Crippen LogP contribution in [0.4, 0.5) is 0 Å². The van der Waals surface area contributed by atoms with Gasteiger partial charge in [0.25, 0.3) is 5.91 Å². The molecule has 1 heterocycles. The minimum Gasteiger partial charge on any atom is -0.450 e. The minimum atomic E-state index is -0.673. The number of rotatable bonds is 3. The molecule has 96 valence electrons. The predicted octanol–water partition coefficient (Wildman–Crippen LogP) is 2.70. The first-order chi connectivity index (χ1) is 8.43. The van der Waals surface area contributed by atoms with Crippen molar-refractivity contribution in [2.75, 3.05) is 6.61 Å². The van der Waals surface area contributed by atoms with E-state index in [4.69, 9.17) is 9.52 Å². The Labute approximate surface area is 113 Å². The van der Waals surface area contributed by atoms with Gasteiger partial charge in [-0.05, 0) is 41.9 Å². The summed E-state index contributed by atoms with van der Waals surface area (Å²) in [6, 6.07) is 7.28. The van der Waals surface area contributed by atoms with Gasteiger partial charge in [0, 0.05) is 5.39 Å². The van der Waals surface area contributed by atoms with Crippen molar-refractivity contribution in [3.05, 3.63) is 34.5 Å². The van der Waals surface area contributed by atoms with E-state index in [1.165, 1.54) is 0 Å². The molecule has 2 N–H and O–H groups in total. The summed E-state index contributed by atoms with van der Waals surface area (Å²) in [6.45, 7) is 3.34. The number of carbonyl (C=O) groups excluding carboxylic acids is 1. The maximum Gasteiger partial charge on any atom is 0.287 e. The maximum absolute atomic E-state index is 12.0. The molecule has 4 nitrogen and oxygen atoms in total. The smallest absolute Gasteiger partial charge is 0.287 e. The zero-order chi connectivity index (χ0) is 13.3. The highest BCUT2D eigenvalue weighted by Gasteiger charge is 2.22. The van der Waals surface area contributed by atoms with Crippen LogP contribution < -0.4 is 5.32 Å². The summed E-state index contributed by atoms with van der Waals surface area (Å²) in [7, 11) is 0. The first-order valence-electron chi connectivity index (χ1n) is 5.54. The molecule has 1 aromatic heterocycles. The quantitative estimate of drug-likeness (QED) is 0.916. The molecule has 2 aromatic rings. The highest BCUT2D eigenvalue weighted by Crippen LogP contribution is 2.27. The standard InChI is InChI=1S/C13H14BrNO3/c1-13(2,7-16)15-12(17)10-6-8-4-3-5-9(14)11(8)18-10/h3-6,16H,7H2,1-2H3,(H,15,17). The molecule has 18 heavy (non-hydrogen) atoms. The number of nitrogens with one attached hydrogen (secondary N) is 1. The second-order valence-corrected chi connectivity index (χ2v) is 5.62. The molecule has 2 rings (SSSR count).